The summed E-state index contributed by atoms with van der Waals surface area (Å²) in [4.78, 5) is -0.485. The van der Waals surface area contributed by atoms with E-state index in [-0.39, 0.29) is 5.56 Å². The van der Waals surface area contributed by atoms with Crippen LogP contribution in [0.1, 0.15) is 5.56 Å². The molecule has 1 rings (SSSR count). The molecule has 0 aliphatic heterocycles. The summed E-state index contributed by atoms with van der Waals surface area (Å²) < 4.78 is 51.1. The number of halogens is 4. The van der Waals surface area contributed by atoms with E-state index < -0.39 is 26.3 Å². The number of ether oxygens (including phenoxy) is 1. The van der Waals surface area contributed by atoms with E-state index in [4.69, 9.17) is 10.7 Å². The maximum absolute atomic E-state index is 12.1. The molecule has 0 bridgehead atoms. The highest BCUT2D eigenvalue weighted by Gasteiger charge is 2.22. The van der Waals surface area contributed by atoms with Gasteiger partial charge in [0.15, 0.2) is 0 Å². The number of hydrogen-bond acceptors (Lipinski definition) is 3. The fourth-order valence-electron chi connectivity index (χ4n) is 1.12. The predicted molar refractivity (Wildman–Crippen MR) is 58.5 cm³/mol. The average Bonchev–Trinajstić information content (AvgIpc) is 2.06. The number of hydrogen-bond donors (Lipinski definition) is 0. The summed E-state index contributed by atoms with van der Waals surface area (Å²) in [5, 5.41) is 0. The first-order valence-corrected chi connectivity index (χ1v) is 7.01. The van der Waals surface area contributed by atoms with E-state index in [1.54, 1.807) is 0 Å². The molecule has 0 radical (unpaired) electrons. The van der Waals surface area contributed by atoms with Crippen molar-refractivity contribution >= 4 is 35.7 Å². The second-order valence-electron chi connectivity index (χ2n) is 2.87. The third kappa shape index (κ3) is 3.29. The summed E-state index contributed by atoms with van der Waals surface area (Å²) in [5.74, 6) is -0.437. The minimum Gasteiger partial charge on any atom is -0.433 e. The second-order valence-corrected chi connectivity index (χ2v) is 6.32. The van der Waals surface area contributed by atoms with E-state index in [2.05, 4.69) is 20.7 Å². The van der Waals surface area contributed by atoms with Gasteiger partial charge in [0.05, 0.1) is 0 Å². The van der Waals surface area contributed by atoms with Gasteiger partial charge in [-0.2, -0.15) is 8.78 Å². The lowest BCUT2D eigenvalue weighted by Gasteiger charge is -2.11. The maximum Gasteiger partial charge on any atom is 0.387 e. The van der Waals surface area contributed by atoms with Gasteiger partial charge in [0.1, 0.15) is 10.6 Å². The smallest absolute Gasteiger partial charge is 0.387 e. The lowest BCUT2D eigenvalue weighted by Crippen LogP contribution is -2.07. The molecule has 16 heavy (non-hydrogen) atoms. The summed E-state index contributed by atoms with van der Waals surface area (Å²) >= 11 is 3.04. The lowest BCUT2D eigenvalue weighted by molar-refractivity contribution is -0.0522. The van der Waals surface area contributed by atoms with Gasteiger partial charge in [-0.1, -0.05) is 15.9 Å². The largest absolute Gasteiger partial charge is 0.433 e. The number of benzene rings is 1. The normalized spacial score (nSPS) is 11.9. The van der Waals surface area contributed by atoms with Gasteiger partial charge < -0.3 is 4.74 Å². The molecule has 0 saturated carbocycles. The Morgan fingerprint density at radius 2 is 2.00 bits per heavy atom. The van der Waals surface area contributed by atoms with E-state index in [9.17, 15) is 17.2 Å². The Morgan fingerprint density at radius 3 is 2.44 bits per heavy atom. The minimum absolute atomic E-state index is 0.244. The zero-order valence-corrected chi connectivity index (χ0v) is 11.0. The third-order valence-corrected chi connectivity index (χ3v) is 3.46. The van der Waals surface area contributed by atoms with Crippen molar-refractivity contribution < 1.29 is 21.9 Å². The molecule has 1 aromatic carbocycles. The molecular formula is C8H6BrClF2O3S. The van der Waals surface area contributed by atoms with Crippen LogP contribution in [0.2, 0.25) is 0 Å². The first kappa shape index (κ1) is 13.7. The maximum atomic E-state index is 12.1. The molecule has 0 amide bonds. The molecule has 0 heterocycles. The molecule has 3 nitrogen and oxygen atoms in total. The summed E-state index contributed by atoms with van der Waals surface area (Å²) in [7, 11) is 0.977. The molecule has 0 fully saturated rings. The Morgan fingerprint density at radius 1 is 1.44 bits per heavy atom. The topological polar surface area (TPSA) is 43.4 Å². The van der Waals surface area contributed by atoms with Gasteiger partial charge in [-0.3, -0.25) is 0 Å². The summed E-state index contributed by atoms with van der Waals surface area (Å²) in [6, 6.07) is 2.55. The second kappa shape index (κ2) is 4.85. The Balaban J connectivity index is 3.45. The highest BCUT2D eigenvalue weighted by Crippen LogP contribution is 2.34. The lowest BCUT2D eigenvalue weighted by atomic mass is 10.2. The first-order valence-electron chi connectivity index (χ1n) is 3.91. The van der Waals surface area contributed by atoms with Crippen molar-refractivity contribution in [1.82, 2.24) is 0 Å². The van der Waals surface area contributed by atoms with Crippen LogP contribution in [0.25, 0.3) is 0 Å². The zero-order valence-electron chi connectivity index (χ0n) is 7.88. The van der Waals surface area contributed by atoms with Crippen LogP contribution < -0.4 is 4.74 Å². The molecule has 0 aliphatic carbocycles. The van der Waals surface area contributed by atoms with Crippen molar-refractivity contribution in [2.24, 2.45) is 0 Å². The fourth-order valence-corrected chi connectivity index (χ4v) is 2.89. The summed E-state index contributed by atoms with van der Waals surface area (Å²) in [6.07, 6.45) is 0. The van der Waals surface area contributed by atoms with Crippen LogP contribution in [0.5, 0.6) is 5.75 Å². The quantitative estimate of drug-likeness (QED) is 0.796. The summed E-state index contributed by atoms with van der Waals surface area (Å²) in [5.41, 5.74) is 0.244. The molecule has 0 saturated heterocycles. The van der Waals surface area contributed by atoms with Gasteiger partial charge in [-0.25, -0.2) is 8.42 Å². The Labute approximate surface area is 104 Å². The Hall–Kier alpha value is -0.400. The van der Waals surface area contributed by atoms with Crippen molar-refractivity contribution in [2.75, 3.05) is 0 Å². The number of aryl methyl sites for hydroxylation is 1. The molecule has 0 spiro atoms. The molecule has 90 valence electrons. The van der Waals surface area contributed by atoms with Crippen LogP contribution in [0.3, 0.4) is 0 Å². The molecule has 8 heteroatoms. The van der Waals surface area contributed by atoms with E-state index in [0.717, 1.165) is 6.07 Å². The van der Waals surface area contributed by atoms with Crippen LogP contribution in [-0.4, -0.2) is 15.0 Å². The Kier molecular flexibility index (Phi) is 4.14. The van der Waals surface area contributed by atoms with Gasteiger partial charge in [-0.05, 0) is 24.6 Å². The van der Waals surface area contributed by atoms with Gasteiger partial charge in [0.25, 0.3) is 9.05 Å². The molecule has 0 N–H and O–H groups in total. The van der Waals surface area contributed by atoms with Crippen LogP contribution in [0, 0.1) is 6.92 Å². The van der Waals surface area contributed by atoms with E-state index in [0.29, 0.717) is 4.47 Å². The molecule has 0 aliphatic rings. The zero-order chi connectivity index (χ0) is 12.5. The van der Waals surface area contributed by atoms with E-state index in [1.165, 1.54) is 13.0 Å². The predicted octanol–water partition coefficient (Wildman–Crippen LogP) is 3.29. The van der Waals surface area contributed by atoms with Crippen LogP contribution >= 0.6 is 26.6 Å². The van der Waals surface area contributed by atoms with Crippen molar-refractivity contribution in [3.05, 3.63) is 22.2 Å². The SMILES string of the molecule is Cc1cc(Br)cc(S(=O)(=O)Cl)c1OC(F)F. The van der Waals surface area contributed by atoms with Gasteiger partial charge >= 0.3 is 6.61 Å². The van der Waals surface area contributed by atoms with Gasteiger partial charge in [-0.15, -0.1) is 0 Å². The van der Waals surface area contributed by atoms with Crippen molar-refractivity contribution in [3.8, 4) is 5.75 Å². The van der Waals surface area contributed by atoms with Gasteiger partial charge in [0, 0.05) is 15.2 Å². The van der Waals surface area contributed by atoms with Crippen molar-refractivity contribution in [3.63, 3.8) is 0 Å². The average molecular weight is 336 g/mol. The van der Waals surface area contributed by atoms with Crippen LogP contribution in [0.4, 0.5) is 8.78 Å². The highest BCUT2D eigenvalue weighted by molar-refractivity contribution is 9.10. The number of alkyl halides is 2. The molecule has 0 atom stereocenters. The standard InChI is InChI=1S/C8H6BrClF2O3S/c1-4-2-5(9)3-6(16(10,13)14)7(4)15-8(11)12/h2-3,8H,1H3. The summed E-state index contributed by atoms with van der Waals surface area (Å²) in [6.45, 7) is -1.68. The van der Waals surface area contributed by atoms with Crippen molar-refractivity contribution in [2.45, 2.75) is 18.4 Å². The molecule has 1 aromatic rings. The Bertz CT molecular complexity index is 504. The van der Waals surface area contributed by atoms with Crippen LogP contribution in [0.15, 0.2) is 21.5 Å². The van der Waals surface area contributed by atoms with Crippen LogP contribution in [-0.2, 0) is 9.05 Å². The molecule has 0 aromatic heterocycles. The molecular weight excluding hydrogens is 330 g/mol. The third-order valence-electron chi connectivity index (χ3n) is 1.67. The monoisotopic (exact) mass is 334 g/mol. The first-order chi connectivity index (χ1) is 7.21. The number of rotatable bonds is 3. The molecule has 0 unspecified atom stereocenters. The van der Waals surface area contributed by atoms with Gasteiger partial charge in [0.2, 0.25) is 0 Å². The van der Waals surface area contributed by atoms with Crippen molar-refractivity contribution in [1.29, 1.82) is 0 Å². The fraction of sp³-hybridized carbons (Fsp3) is 0.250. The minimum atomic E-state index is -4.14. The highest BCUT2D eigenvalue weighted by atomic mass is 79.9. The van der Waals surface area contributed by atoms with E-state index >= 15 is 0 Å². The van der Waals surface area contributed by atoms with E-state index in [1.807, 2.05) is 0 Å².